The second-order valence-corrected chi connectivity index (χ2v) is 4.95. The van der Waals surface area contributed by atoms with E-state index in [0.717, 1.165) is 18.1 Å². The van der Waals surface area contributed by atoms with Crippen LogP contribution in [-0.4, -0.2) is 29.3 Å². The molecule has 2 aromatic carbocycles. The van der Waals surface area contributed by atoms with Crippen LogP contribution in [0.1, 0.15) is 25.0 Å². The molecule has 0 aliphatic heterocycles. The Balaban J connectivity index is 0.000000705. The lowest BCUT2D eigenvalue weighted by Crippen LogP contribution is -2.00. The Kier molecular flexibility index (Phi) is 7.72. The number of hydrogen-bond donors (Lipinski definition) is 2. The number of carbonyl (C=O) groups excluding carboxylic acids is 1. The number of aromatic hydroxyl groups is 1. The second-order valence-electron chi connectivity index (χ2n) is 4.95. The topological polar surface area (TPSA) is 93.1 Å². The average molecular weight is 344 g/mol. The number of benzene rings is 2. The van der Waals surface area contributed by atoms with Gasteiger partial charge in [0.2, 0.25) is 0 Å². The highest BCUT2D eigenvalue weighted by atomic mass is 16.5. The molecule has 0 saturated carbocycles. The normalized spacial score (nSPS) is 9.88. The Hall–Kier alpha value is -3.28. The van der Waals surface area contributed by atoms with Gasteiger partial charge in [0.15, 0.2) is 11.5 Å². The summed E-state index contributed by atoms with van der Waals surface area (Å²) < 4.78 is 10.0. The van der Waals surface area contributed by atoms with Gasteiger partial charge in [0.25, 0.3) is 5.97 Å². The first-order chi connectivity index (χ1) is 11.8. The van der Waals surface area contributed by atoms with Crippen LogP contribution in [0, 0.1) is 0 Å². The molecule has 25 heavy (non-hydrogen) atoms. The molecule has 0 fully saturated rings. The van der Waals surface area contributed by atoms with Crippen LogP contribution in [0.25, 0.3) is 12.2 Å². The summed E-state index contributed by atoms with van der Waals surface area (Å²) in [7, 11) is 1.51. The Labute approximate surface area is 145 Å². The van der Waals surface area contributed by atoms with E-state index in [1.807, 2.05) is 24.3 Å². The number of esters is 1. The van der Waals surface area contributed by atoms with Crippen LogP contribution >= 0.6 is 0 Å². The molecule has 2 N–H and O–H groups in total. The van der Waals surface area contributed by atoms with Crippen molar-refractivity contribution in [1.82, 2.24) is 0 Å². The first-order valence-electron chi connectivity index (χ1n) is 7.35. The van der Waals surface area contributed by atoms with E-state index in [4.69, 9.17) is 19.4 Å². The van der Waals surface area contributed by atoms with Gasteiger partial charge in [-0.1, -0.05) is 30.4 Å². The molecule has 0 amide bonds. The van der Waals surface area contributed by atoms with Crippen molar-refractivity contribution < 1.29 is 29.3 Å². The summed E-state index contributed by atoms with van der Waals surface area (Å²) in [5.41, 5.74) is 1.88. The predicted octanol–water partition coefficient (Wildman–Crippen LogP) is 3.59. The molecule has 0 bridgehead atoms. The summed E-state index contributed by atoms with van der Waals surface area (Å²) in [6.07, 6.45) is 3.83. The van der Waals surface area contributed by atoms with Crippen LogP contribution in [0.2, 0.25) is 0 Å². The number of ether oxygens (including phenoxy) is 2. The Morgan fingerprint density at radius 2 is 1.48 bits per heavy atom. The molecule has 6 nitrogen and oxygen atoms in total. The Morgan fingerprint density at radius 1 is 0.960 bits per heavy atom. The number of carboxylic acid groups (broad SMARTS) is 1. The monoisotopic (exact) mass is 344 g/mol. The maximum absolute atomic E-state index is 10.8. The van der Waals surface area contributed by atoms with E-state index in [1.165, 1.54) is 14.0 Å². The number of carbonyl (C=O) groups is 2. The second kappa shape index (κ2) is 9.77. The Bertz CT molecular complexity index is 743. The number of aliphatic carboxylic acids is 1. The number of rotatable bonds is 4. The predicted molar refractivity (Wildman–Crippen MR) is 94.6 cm³/mol. The molecular formula is C19H20O6. The molecule has 2 aromatic rings. The van der Waals surface area contributed by atoms with Crippen LogP contribution in [0.4, 0.5) is 0 Å². The molecule has 0 atom stereocenters. The first-order valence-corrected chi connectivity index (χ1v) is 7.35. The van der Waals surface area contributed by atoms with E-state index < -0.39 is 5.97 Å². The molecule has 132 valence electrons. The van der Waals surface area contributed by atoms with Gasteiger partial charge in [0.1, 0.15) is 5.75 Å². The summed E-state index contributed by atoms with van der Waals surface area (Å²) in [6.45, 7) is 2.45. The maximum Gasteiger partial charge on any atom is 0.308 e. The zero-order valence-corrected chi connectivity index (χ0v) is 14.2. The minimum absolute atomic E-state index is 0.111. The van der Waals surface area contributed by atoms with Gasteiger partial charge in [-0.2, -0.15) is 0 Å². The van der Waals surface area contributed by atoms with E-state index in [1.54, 1.807) is 30.3 Å². The number of phenols is 1. The molecule has 2 rings (SSSR count). The van der Waals surface area contributed by atoms with E-state index in [2.05, 4.69) is 0 Å². The quantitative estimate of drug-likeness (QED) is 0.500. The molecule has 0 unspecified atom stereocenters. The van der Waals surface area contributed by atoms with Gasteiger partial charge in [-0.15, -0.1) is 0 Å². The third-order valence-corrected chi connectivity index (χ3v) is 2.81. The van der Waals surface area contributed by atoms with Crippen molar-refractivity contribution >= 4 is 24.1 Å². The van der Waals surface area contributed by atoms with Crippen LogP contribution in [-0.2, 0) is 9.59 Å². The van der Waals surface area contributed by atoms with Gasteiger partial charge in [0.05, 0.1) is 7.11 Å². The van der Waals surface area contributed by atoms with Crippen molar-refractivity contribution in [3.63, 3.8) is 0 Å². The SMILES string of the molecule is CC(=O)O.COc1cc(C=Cc2ccc(OC(C)=O)cc2)ccc1O. The van der Waals surface area contributed by atoms with E-state index in [0.29, 0.717) is 11.5 Å². The molecule has 0 aromatic heterocycles. The van der Waals surface area contributed by atoms with E-state index in [-0.39, 0.29) is 11.7 Å². The van der Waals surface area contributed by atoms with Crippen molar-refractivity contribution in [2.24, 2.45) is 0 Å². The fraction of sp³-hybridized carbons (Fsp3) is 0.158. The molecule has 0 aliphatic rings. The van der Waals surface area contributed by atoms with Gasteiger partial charge in [-0.05, 0) is 35.4 Å². The van der Waals surface area contributed by atoms with E-state index in [9.17, 15) is 9.90 Å². The standard InChI is InChI=1S/C17H16O4.C2H4O2/c1-12(18)21-15-8-5-13(6-9-15)3-4-14-7-10-16(19)17(11-14)20-2;1-2(3)4/h3-11,19H,1-2H3;1H3,(H,3,4). The number of phenolic OH excluding ortho intramolecular Hbond substituents is 1. The smallest absolute Gasteiger partial charge is 0.308 e. The van der Waals surface area contributed by atoms with Crippen molar-refractivity contribution in [1.29, 1.82) is 0 Å². The lowest BCUT2D eigenvalue weighted by atomic mass is 10.1. The Morgan fingerprint density at radius 3 is 2.00 bits per heavy atom. The average Bonchev–Trinajstić information content (AvgIpc) is 2.54. The summed E-state index contributed by atoms with van der Waals surface area (Å²) in [5, 5.41) is 16.9. The van der Waals surface area contributed by atoms with Gasteiger partial charge in [-0.25, -0.2) is 0 Å². The number of hydrogen-bond acceptors (Lipinski definition) is 5. The molecule has 0 spiro atoms. The third-order valence-electron chi connectivity index (χ3n) is 2.81. The van der Waals surface area contributed by atoms with Crippen LogP contribution in [0.3, 0.4) is 0 Å². The highest BCUT2D eigenvalue weighted by Gasteiger charge is 2.00. The first kappa shape index (κ1) is 19.8. The summed E-state index contributed by atoms with van der Waals surface area (Å²) in [4.78, 5) is 19.8. The molecule has 0 radical (unpaired) electrons. The maximum atomic E-state index is 10.8. The lowest BCUT2D eigenvalue weighted by Gasteiger charge is -2.04. The fourth-order valence-corrected chi connectivity index (χ4v) is 1.80. The third kappa shape index (κ3) is 7.69. The van der Waals surface area contributed by atoms with Crippen molar-refractivity contribution in [3.05, 3.63) is 53.6 Å². The molecule has 0 heterocycles. The van der Waals surface area contributed by atoms with Crippen LogP contribution in [0.15, 0.2) is 42.5 Å². The molecule has 0 saturated heterocycles. The minimum Gasteiger partial charge on any atom is -0.504 e. The van der Waals surface area contributed by atoms with Crippen molar-refractivity contribution in [2.45, 2.75) is 13.8 Å². The highest BCUT2D eigenvalue weighted by molar-refractivity contribution is 5.72. The van der Waals surface area contributed by atoms with Gasteiger partial charge >= 0.3 is 5.97 Å². The molecule has 6 heteroatoms. The van der Waals surface area contributed by atoms with Crippen molar-refractivity contribution in [2.75, 3.05) is 7.11 Å². The fourth-order valence-electron chi connectivity index (χ4n) is 1.80. The molecule has 0 aliphatic carbocycles. The van der Waals surface area contributed by atoms with Gasteiger partial charge < -0.3 is 19.7 Å². The summed E-state index contributed by atoms with van der Waals surface area (Å²) in [6, 6.07) is 12.3. The van der Waals surface area contributed by atoms with Gasteiger partial charge in [0, 0.05) is 13.8 Å². The van der Waals surface area contributed by atoms with E-state index >= 15 is 0 Å². The minimum atomic E-state index is -0.833. The highest BCUT2D eigenvalue weighted by Crippen LogP contribution is 2.27. The van der Waals surface area contributed by atoms with Crippen molar-refractivity contribution in [3.8, 4) is 17.2 Å². The van der Waals surface area contributed by atoms with Gasteiger partial charge in [-0.3, -0.25) is 9.59 Å². The van der Waals surface area contributed by atoms with Crippen LogP contribution in [0.5, 0.6) is 17.2 Å². The summed E-state index contributed by atoms with van der Waals surface area (Å²) >= 11 is 0. The lowest BCUT2D eigenvalue weighted by molar-refractivity contribution is -0.134. The number of methoxy groups -OCH3 is 1. The largest absolute Gasteiger partial charge is 0.504 e. The zero-order chi connectivity index (χ0) is 18.8. The summed E-state index contributed by atoms with van der Waals surface area (Å²) in [5.74, 6) is -0.108. The zero-order valence-electron chi connectivity index (χ0n) is 14.2. The van der Waals surface area contributed by atoms with Crippen LogP contribution < -0.4 is 9.47 Å². The number of carboxylic acids is 1. The molecular weight excluding hydrogens is 324 g/mol.